The van der Waals surface area contributed by atoms with Gasteiger partial charge in [-0.15, -0.1) is 0 Å². The monoisotopic (exact) mass is 320 g/mol. The van der Waals surface area contributed by atoms with Gasteiger partial charge in [0.15, 0.2) is 6.61 Å². The Bertz CT molecular complexity index is 783. The van der Waals surface area contributed by atoms with Gasteiger partial charge in [0.1, 0.15) is 11.6 Å². The molecule has 1 saturated carbocycles. The Hall–Kier alpha value is -3.13. The molecule has 2 aromatic rings. The third kappa shape index (κ3) is 2.99. The zero-order valence-corrected chi connectivity index (χ0v) is 12.9. The lowest BCUT2D eigenvalue weighted by molar-refractivity contribution is -0.145. The van der Waals surface area contributed by atoms with Gasteiger partial charge in [0, 0.05) is 11.5 Å². The van der Waals surface area contributed by atoms with Crippen LogP contribution in [0.3, 0.4) is 0 Å². The number of carbonyl (C=O) groups excluding carboxylic acids is 2. The van der Waals surface area contributed by atoms with Crippen LogP contribution < -0.4 is 5.32 Å². The second-order valence-electron chi connectivity index (χ2n) is 5.69. The molecule has 1 fully saturated rings. The summed E-state index contributed by atoms with van der Waals surface area (Å²) in [5.74, 6) is -1.05. The Balaban J connectivity index is 1.83. The van der Waals surface area contributed by atoms with Gasteiger partial charge < -0.3 is 10.1 Å². The van der Waals surface area contributed by atoms with E-state index in [2.05, 4.69) is 5.32 Å². The Morgan fingerprint density at radius 3 is 2.38 bits per heavy atom. The van der Waals surface area contributed by atoms with Crippen LogP contribution in [-0.4, -0.2) is 24.0 Å². The number of nitrogens with zero attached hydrogens (tertiary/aromatic N) is 1. The first-order chi connectivity index (χ1) is 11.7. The van der Waals surface area contributed by atoms with Crippen molar-refractivity contribution in [2.75, 3.05) is 6.61 Å². The van der Waals surface area contributed by atoms with Crippen molar-refractivity contribution in [1.29, 1.82) is 5.26 Å². The molecule has 1 aliphatic carbocycles. The summed E-state index contributed by atoms with van der Waals surface area (Å²) < 4.78 is 4.99. The largest absolute Gasteiger partial charge is 0.449 e. The van der Waals surface area contributed by atoms with Crippen molar-refractivity contribution in [2.24, 2.45) is 0 Å². The molecule has 0 aliphatic heterocycles. The second kappa shape index (κ2) is 6.55. The molecule has 120 valence electrons. The number of carbonyl (C=O) groups is 2. The standard InChI is InChI=1S/C19H16N2O3/c20-11-12-24-18(23)19(13-16(19)14-7-3-1-4-8-14)21-17(22)15-9-5-2-6-10-15/h1-10,16H,12-13H2,(H,21,22)/t16-,19-/m1/s1. The van der Waals surface area contributed by atoms with Crippen molar-refractivity contribution in [3.63, 3.8) is 0 Å². The van der Waals surface area contributed by atoms with Gasteiger partial charge in [-0.05, 0) is 24.1 Å². The van der Waals surface area contributed by atoms with Crippen molar-refractivity contribution in [3.05, 3.63) is 71.8 Å². The summed E-state index contributed by atoms with van der Waals surface area (Å²) in [6.45, 7) is -0.330. The number of nitriles is 1. The molecule has 2 atom stereocenters. The Labute approximate surface area is 139 Å². The van der Waals surface area contributed by atoms with Crippen molar-refractivity contribution in [1.82, 2.24) is 5.32 Å². The van der Waals surface area contributed by atoms with Crippen LogP contribution in [0.15, 0.2) is 60.7 Å². The maximum Gasteiger partial charge on any atom is 0.333 e. The van der Waals surface area contributed by atoms with Gasteiger partial charge in [0.05, 0.1) is 0 Å². The summed E-state index contributed by atoms with van der Waals surface area (Å²) in [5.41, 5.74) is 0.328. The number of benzene rings is 2. The summed E-state index contributed by atoms with van der Waals surface area (Å²) in [5, 5.41) is 11.4. The Morgan fingerprint density at radius 1 is 1.12 bits per heavy atom. The molecule has 24 heavy (non-hydrogen) atoms. The molecular weight excluding hydrogens is 304 g/mol. The first-order valence-electron chi connectivity index (χ1n) is 7.64. The summed E-state index contributed by atoms with van der Waals surface area (Å²) in [4.78, 5) is 24.9. The number of rotatable bonds is 5. The fourth-order valence-electron chi connectivity index (χ4n) is 2.86. The zero-order valence-electron chi connectivity index (χ0n) is 12.9. The molecule has 0 bridgehead atoms. The van der Waals surface area contributed by atoms with Crippen molar-refractivity contribution in [3.8, 4) is 6.07 Å². The van der Waals surface area contributed by atoms with Crippen molar-refractivity contribution in [2.45, 2.75) is 17.9 Å². The zero-order chi connectivity index (χ0) is 17.0. The van der Waals surface area contributed by atoms with E-state index < -0.39 is 11.5 Å². The van der Waals surface area contributed by atoms with E-state index in [-0.39, 0.29) is 18.4 Å². The lowest BCUT2D eigenvalue weighted by Crippen LogP contribution is -2.45. The quantitative estimate of drug-likeness (QED) is 0.858. The molecule has 0 saturated heterocycles. The van der Waals surface area contributed by atoms with Gasteiger partial charge >= 0.3 is 5.97 Å². The van der Waals surface area contributed by atoms with Crippen LogP contribution in [0.4, 0.5) is 0 Å². The highest BCUT2D eigenvalue weighted by molar-refractivity contribution is 6.00. The summed E-state index contributed by atoms with van der Waals surface area (Å²) in [7, 11) is 0. The lowest BCUT2D eigenvalue weighted by atomic mass is 10.1. The number of nitrogens with one attached hydrogen (secondary N) is 1. The van der Waals surface area contributed by atoms with Crippen LogP contribution in [0.1, 0.15) is 28.3 Å². The average Bonchev–Trinajstić information content (AvgIpc) is 3.36. The molecule has 0 aromatic heterocycles. The van der Waals surface area contributed by atoms with Crippen LogP contribution in [0.25, 0.3) is 0 Å². The van der Waals surface area contributed by atoms with Gasteiger partial charge in [0.25, 0.3) is 5.91 Å². The first-order valence-corrected chi connectivity index (χ1v) is 7.64. The van der Waals surface area contributed by atoms with Crippen LogP contribution in [0, 0.1) is 11.3 Å². The minimum atomic E-state index is -1.11. The number of hydrogen-bond acceptors (Lipinski definition) is 4. The molecule has 5 nitrogen and oxygen atoms in total. The molecule has 0 unspecified atom stereocenters. The van der Waals surface area contributed by atoms with Gasteiger partial charge in [-0.1, -0.05) is 48.5 Å². The third-order valence-corrected chi connectivity index (χ3v) is 4.17. The van der Waals surface area contributed by atoms with Crippen LogP contribution >= 0.6 is 0 Å². The highest BCUT2D eigenvalue weighted by Gasteiger charge is 2.63. The van der Waals surface area contributed by atoms with E-state index in [1.54, 1.807) is 30.3 Å². The molecule has 1 aliphatic rings. The van der Waals surface area contributed by atoms with Crippen LogP contribution in [0.2, 0.25) is 0 Å². The SMILES string of the molecule is N#CCOC(=O)[C@@]1(NC(=O)c2ccccc2)C[C@@H]1c1ccccc1. The predicted molar refractivity (Wildman–Crippen MR) is 87.0 cm³/mol. The van der Waals surface area contributed by atoms with E-state index in [1.165, 1.54) is 0 Å². The van der Waals surface area contributed by atoms with Gasteiger partial charge in [-0.2, -0.15) is 5.26 Å². The number of amides is 1. The maximum absolute atomic E-state index is 12.5. The first kappa shape index (κ1) is 15.8. The average molecular weight is 320 g/mol. The molecule has 0 heterocycles. The third-order valence-electron chi connectivity index (χ3n) is 4.17. The molecular formula is C19H16N2O3. The fraction of sp³-hybridized carbons (Fsp3) is 0.211. The molecule has 0 radical (unpaired) electrons. The predicted octanol–water partition coefficient (Wildman–Crippen LogP) is 2.41. The van der Waals surface area contributed by atoms with E-state index in [0.29, 0.717) is 12.0 Å². The van der Waals surface area contributed by atoms with Gasteiger partial charge in [-0.3, -0.25) is 4.79 Å². The molecule has 1 N–H and O–H groups in total. The molecule has 0 spiro atoms. The smallest absolute Gasteiger partial charge is 0.333 e. The molecule has 1 amide bonds. The highest BCUT2D eigenvalue weighted by atomic mass is 16.5. The molecule has 2 aromatic carbocycles. The van der Waals surface area contributed by atoms with Crippen LogP contribution in [0.5, 0.6) is 0 Å². The highest BCUT2D eigenvalue weighted by Crippen LogP contribution is 2.52. The summed E-state index contributed by atoms with van der Waals surface area (Å²) in [6, 6.07) is 20.0. The van der Waals surface area contributed by atoms with E-state index in [9.17, 15) is 9.59 Å². The lowest BCUT2D eigenvalue weighted by Gasteiger charge is -2.18. The van der Waals surface area contributed by atoms with Gasteiger partial charge in [-0.25, -0.2) is 4.79 Å². The fourth-order valence-corrected chi connectivity index (χ4v) is 2.86. The van der Waals surface area contributed by atoms with E-state index >= 15 is 0 Å². The topological polar surface area (TPSA) is 79.2 Å². The Morgan fingerprint density at radius 2 is 1.75 bits per heavy atom. The minimum Gasteiger partial charge on any atom is -0.449 e. The van der Waals surface area contributed by atoms with Crippen LogP contribution in [-0.2, 0) is 9.53 Å². The minimum absolute atomic E-state index is 0.155. The molecule has 3 rings (SSSR count). The maximum atomic E-state index is 12.5. The van der Waals surface area contributed by atoms with E-state index in [1.807, 2.05) is 36.4 Å². The second-order valence-corrected chi connectivity index (χ2v) is 5.69. The van der Waals surface area contributed by atoms with Crippen molar-refractivity contribution >= 4 is 11.9 Å². The number of hydrogen-bond donors (Lipinski definition) is 1. The normalized spacial score (nSPS) is 21.4. The molecule has 5 heteroatoms. The summed E-state index contributed by atoms with van der Waals surface area (Å²) in [6.07, 6.45) is 0.458. The summed E-state index contributed by atoms with van der Waals surface area (Å²) >= 11 is 0. The van der Waals surface area contributed by atoms with Crippen molar-refractivity contribution < 1.29 is 14.3 Å². The van der Waals surface area contributed by atoms with E-state index in [4.69, 9.17) is 10.00 Å². The van der Waals surface area contributed by atoms with E-state index in [0.717, 1.165) is 5.56 Å². The number of esters is 1. The number of ether oxygens (including phenoxy) is 1. The van der Waals surface area contributed by atoms with Gasteiger partial charge in [0.2, 0.25) is 0 Å². The Kier molecular flexibility index (Phi) is 4.30.